The minimum atomic E-state index is -0.601. The lowest BCUT2D eigenvalue weighted by molar-refractivity contribution is 0.585. The number of aryl methyl sites for hydroxylation is 2. The molecule has 2 rings (SSSR count). The molecule has 0 saturated heterocycles. The van der Waals surface area contributed by atoms with Crippen molar-refractivity contribution in [2.75, 3.05) is 0 Å². The summed E-state index contributed by atoms with van der Waals surface area (Å²) in [6.45, 7) is 2.03. The average molecular weight is 237 g/mol. The normalized spacial score (nSPS) is 10.9. The lowest BCUT2D eigenvalue weighted by Crippen LogP contribution is -2.05. The zero-order chi connectivity index (χ0) is 12.6. The molecule has 0 radical (unpaired) electrons. The summed E-state index contributed by atoms with van der Waals surface area (Å²) in [5.41, 5.74) is 8.01. The molecular formula is C12H13F2N3. The monoisotopic (exact) mass is 237 g/mol. The summed E-state index contributed by atoms with van der Waals surface area (Å²) < 4.78 is 28.2. The van der Waals surface area contributed by atoms with Gasteiger partial charge in [0.2, 0.25) is 0 Å². The van der Waals surface area contributed by atoms with Crippen molar-refractivity contribution >= 4 is 0 Å². The van der Waals surface area contributed by atoms with E-state index in [1.165, 1.54) is 12.1 Å². The van der Waals surface area contributed by atoms with Crippen LogP contribution in [0.25, 0.3) is 11.1 Å². The molecule has 0 saturated carbocycles. The van der Waals surface area contributed by atoms with Gasteiger partial charge in [-0.25, -0.2) is 8.78 Å². The van der Waals surface area contributed by atoms with Gasteiger partial charge in [-0.15, -0.1) is 0 Å². The van der Waals surface area contributed by atoms with E-state index in [-0.39, 0.29) is 6.54 Å². The molecule has 1 aromatic carbocycles. The van der Waals surface area contributed by atoms with Crippen LogP contribution in [0.1, 0.15) is 11.4 Å². The highest BCUT2D eigenvalue weighted by molar-refractivity contribution is 5.69. The van der Waals surface area contributed by atoms with E-state index in [0.717, 1.165) is 11.8 Å². The first-order valence-corrected chi connectivity index (χ1v) is 5.22. The highest BCUT2D eigenvalue weighted by Gasteiger charge is 2.17. The Hall–Kier alpha value is -1.75. The predicted octanol–water partition coefficient (Wildman–Crippen LogP) is 2.13. The first-order valence-electron chi connectivity index (χ1n) is 5.22. The van der Waals surface area contributed by atoms with Gasteiger partial charge in [-0.3, -0.25) is 4.68 Å². The van der Waals surface area contributed by atoms with Crippen LogP contribution >= 0.6 is 0 Å². The van der Waals surface area contributed by atoms with Crippen molar-refractivity contribution in [2.45, 2.75) is 13.5 Å². The molecule has 1 heterocycles. The van der Waals surface area contributed by atoms with Crippen molar-refractivity contribution in [1.82, 2.24) is 9.78 Å². The van der Waals surface area contributed by atoms with Gasteiger partial charge in [0.1, 0.15) is 11.6 Å². The van der Waals surface area contributed by atoms with Gasteiger partial charge in [0.15, 0.2) is 0 Å². The summed E-state index contributed by atoms with van der Waals surface area (Å²) in [5.74, 6) is -1.20. The van der Waals surface area contributed by atoms with Gasteiger partial charge in [0.25, 0.3) is 0 Å². The SMILES string of the molecule is Cc1nn(C)c(CN)c1-c1ccc(F)cc1F. The number of hydrogen-bond acceptors (Lipinski definition) is 2. The van der Waals surface area contributed by atoms with Crippen molar-refractivity contribution < 1.29 is 8.78 Å². The molecule has 2 aromatic rings. The molecule has 5 heteroatoms. The van der Waals surface area contributed by atoms with E-state index in [4.69, 9.17) is 5.73 Å². The topological polar surface area (TPSA) is 43.8 Å². The van der Waals surface area contributed by atoms with Crippen LogP contribution in [0.4, 0.5) is 8.78 Å². The molecule has 0 unspecified atom stereocenters. The summed E-state index contributed by atoms with van der Waals surface area (Å²) in [5, 5.41) is 4.20. The third-order valence-corrected chi connectivity index (χ3v) is 2.73. The van der Waals surface area contributed by atoms with Crippen molar-refractivity contribution in [2.24, 2.45) is 12.8 Å². The Morgan fingerprint density at radius 1 is 1.35 bits per heavy atom. The highest BCUT2D eigenvalue weighted by Crippen LogP contribution is 2.29. The zero-order valence-electron chi connectivity index (χ0n) is 9.67. The molecule has 90 valence electrons. The third-order valence-electron chi connectivity index (χ3n) is 2.73. The second-order valence-corrected chi connectivity index (χ2v) is 3.86. The molecule has 0 amide bonds. The first kappa shape index (κ1) is 11.7. The molecule has 0 aliphatic carbocycles. The van der Waals surface area contributed by atoms with Gasteiger partial charge in [-0.1, -0.05) is 0 Å². The van der Waals surface area contributed by atoms with Crippen LogP contribution in [-0.4, -0.2) is 9.78 Å². The number of nitrogens with zero attached hydrogens (tertiary/aromatic N) is 2. The van der Waals surface area contributed by atoms with Gasteiger partial charge in [-0.05, 0) is 19.1 Å². The first-order chi connectivity index (χ1) is 8.04. The average Bonchev–Trinajstić information content (AvgIpc) is 2.53. The maximum absolute atomic E-state index is 13.7. The predicted molar refractivity (Wildman–Crippen MR) is 61.2 cm³/mol. The molecule has 2 N–H and O–H groups in total. The van der Waals surface area contributed by atoms with E-state index >= 15 is 0 Å². The molecule has 0 aliphatic rings. The zero-order valence-corrected chi connectivity index (χ0v) is 9.67. The minimum Gasteiger partial charge on any atom is -0.325 e. The Bertz CT molecular complexity index is 561. The van der Waals surface area contributed by atoms with Crippen molar-refractivity contribution in [1.29, 1.82) is 0 Å². The number of halogens is 2. The fraction of sp³-hybridized carbons (Fsp3) is 0.250. The van der Waals surface area contributed by atoms with Gasteiger partial charge in [-0.2, -0.15) is 5.10 Å². The second kappa shape index (κ2) is 4.25. The Morgan fingerprint density at radius 2 is 2.06 bits per heavy atom. The maximum Gasteiger partial charge on any atom is 0.134 e. The second-order valence-electron chi connectivity index (χ2n) is 3.86. The van der Waals surface area contributed by atoms with Crippen LogP contribution in [0.2, 0.25) is 0 Å². The summed E-state index contributed by atoms with van der Waals surface area (Å²) >= 11 is 0. The molecule has 0 bridgehead atoms. The largest absolute Gasteiger partial charge is 0.325 e. The fourth-order valence-electron chi connectivity index (χ4n) is 1.98. The number of rotatable bonds is 2. The molecule has 17 heavy (non-hydrogen) atoms. The molecule has 0 aliphatic heterocycles. The Labute approximate surface area is 97.9 Å². The van der Waals surface area contributed by atoms with E-state index < -0.39 is 11.6 Å². The number of hydrogen-bond donors (Lipinski definition) is 1. The van der Waals surface area contributed by atoms with Crippen LogP contribution in [0, 0.1) is 18.6 Å². The lowest BCUT2D eigenvalue weighted by atomic mass is 10.0. The van der Waals surface area contributed by atoms with Gasteiger partial charge in [0, 0.05) is 30.8 Å². The standard InChI is InChI=1S/C12H13F2N3/c1-7-12(11(6-15)17(2)16-7)9-4-3-8(13)5-10(9)14/h3-5H,6,15H2,1-2H3. The fourth-order valence-corrected chi connectivity index (χ4v) is 1.98. The van der Waals surface area contributed by atoms with Crippen LogP contribution in [-0.2, 0) is 13.6 Å². The quantitative estimate of drug-likeness (QED) is 0.869. The van der Waals surface area contributed by atoms with E-state index in [1.54, 1.807) is 18.7 Å². The van der Waals surface area contributed by atoms with Crippen LogP contribution in [0.15, 0.2) is 18.2 Å². The van der Waals surface area contributed by atoms with Crippen LogP contribution in [0.5, 0.6) is 0 Å². The Morgan fingerprint density at radius 3 is 2.65 bits per heavy atom. The molecule has 1 aromatic heterocycles. The summed E-state index contributed by atoms with van der Waals surface area (Å²) in [4.78, 5) is 0. The number of nitrogens with two attached hydrogens (primary N) is 1. The molecule has 0 spiro atoms. The molecule has 0 fully saturated rings. The minimum absolute atomic E-state index is 0.253. The lowest BCUT2D eigenvalue weighted by Gasteiger charge is -2.06. The summed E-state index contributed by atoms with van der Waals surface area (Å²) in [6.07, 6.45) is 0. The van der Waals surface area contributed by atoms with E-state index in [2.05, 4.69) is 5.10 Å². The van der Waals surface area contributed by atoms with E-state index in [0.29, 0.717) is 16.8 Å². The van der Waals surface area contributed by atoms with Gasteiger partial charge >= 0.3 is 0 Å². The van der Waals surface area contributed by atoms with E-state index in [9.17, 15) is 8.78 Å². The highest BCUT2D eigenvalue weighted by atomic mass is 19.1. The summed E-state index contributed by atoms with van der Waals surface area (Å²) in [7, 11) is 1.75. The number of benzene rings is 1. The van der Waals surface area contributed by atoms with Crippen molar-refractivity contribution in [3.05, 3.63) is 41.2 Å². The molecular weight excluding hydrogens is 224 g/mol. The summed E-state index contributed by atoms with van der Waals surface area (Å²) in [6, 6.07) is 3.50. The molecule has 3 nitrogen and oxygen atoms in total. The van der Waals surface area contributed by atoms with Crippen molar-refractivity contribution in [3.63, 3.8) is 0 Å². The van der Waals surface area contributed by atoms with Crippen LogP contribution < -0.4 is 5.73 Å². The maximum atomic E-state index is 13.7. The smallest absolute Gasteiger partial charge is 0.134 e. The number of aromatic nitrogens is 2. The van der Waals surface area contributed by atoms with E-state index in [1.807, 2.05) is 0 Å². The van der Waals surface area contributed by atoms with Crippen molar-refractivity contribution in [3.8, 4) is 11.1 Å². The Kier molecular flexibility index (Phi) is 2.93. The third kappa shape index (κ3) is 1.93. The van der Waals surface area contributed by atoms with Crippen LogP contribution in [0.3, 0.4) is 0 Å². The van der Waals surface area contributed by atoms with Gasteiger partial charge < -0.3 is 5.73 Å². The van der Waals surface area contributed by atoms with Gasteiger partial charge in [0.05, 0.1) is 11.4 Å². The molecule has 0 atom stereocenters. The Balaban J connectivity index is 2.67.